The van der Waals surface area contributed by atoms with Crippen LogP contribution in [0.1, 0.15) is 6.85 Å². The Balaban J connectivity index is 0.000000115. The van der Waals surface area contributed by atoms with Crippen molar-refractivity contribution in [1.29, 1.82) is 0 Å². The molecule has 0 bridgehead atoms. The van der Waals surface area contributed by atoms with Gasteiger partial charge in [-0.05, 0) is 282 Å². The van der Waals surface area contributed by atoms with E-state index in [0.717, 1.165) is 123 Å². The molecule has 0 spiro atoms. The normalized spacial score (nSPS) is 12.1. The van der Waals surface area contributed by atoms with E-state index in [1.807, 2.05) is 174 Å². The summed E-state index contributed by atoms with van der Waals surface area (Å²) in [5.41, 5.74) is 21.4. The third-order valence-electron chi connectivity index (χ3n) is 24.9. The van der Waals surface area contributed by atoms with Crippen molar-refractivity contribution in [1.82, 2.24) is 9.13 Å². The van der Waals surface area contributed by atoms with Gasteiger partial charge in [-0.1, -0.05) is 264 Å². The average molecular weight is 1910 g/mol. The van der Waals surface area contributed by atoms with Crippen LogP contribution < -0.4 is 14.7 Å². The predicted molar refractivity (Wildman–Crippen MR) is 584 cm³/mol. The second-order valence-corrected chi connectivity index (χ2v) is 39.0. The number of anilines is 9. The summed E-state index contributed by atoms with van der Waals surface area (Å²) in [4.78, 5) is 6.83. The van der Waals surface area contributed by atoms with Crippen molar-refractivity contribution < 1.29 is 11.3 Å². The first kappa shape index (κ1) is 78.1. The highest BCUT2D eigenvalue weighted by atomic mass is 35.5. The Kier molecular flexibility index (Phi) is 20.4. The number of hydrogen-bond donors (Lipinski definition) is 0. The first-order valence-electron chi connectivity index (χ1n) is 46.3. The maximum absolute atomic E-state index is 9.04. The van der Waals surface area contributed by atoms with E-state index in [1.54, 1.807) is 22.8 Å². The summed E-state index contributed by atoms with van der Waals surface area (Å²) >= 11 is 43.7. The summed E-state index contributed by atoms with van der Waals surface area (Å²) in [6.45, 7) is 0. The number of fused-ring (bicyclic) bond motifs is 18. The molecule has 0 saturated carbocycles. The third kappa shape index (κ3) is 15.7. The lowest BCUT2D eigenvalue weighted by Gasteiger charge is -2.26. The van der Waals surface area contributed by atoms with Crippen molar-refractivity contribution in [3.05, 3.63) is 473 Å². The summed E-state index contributed by atoms with van der Waals surface area (Å²) in [5, 5.41) is 17.2. The SMILES string of the molecule is Clc1cc(Cl)cc(-c2ccc3sc4ccc(N(c5ccccc5)c5ccc6c7ccccc7n(-c7ccccc7)c6c5)cc4c3c2)c1.Clc1cc(Cl)cc(-c2ccc3sc4ccc(N(c5ccccc5)c5ccc6sc7ccccc7c6c5)cc4c3c2)c1.[2H]c1c([2H])c([2H])c(-n2c3cc(-c4cc(Cl)cc(Cl)c4)ccc3c3ccc(N(c4ccccc4)c4cccc5c4oc4ccccc45)cc32)c([2H])c1[2H]. The molecule has 0 aliphatic heterocycles. The third-order valence-corrected chi connectivity index (χ3v) is 29.7. The van der Waals surface area contributed by atoms with Gasteiger partial charge in [0.25, 0.3) is 0 Å². The van der Waals surface area contributed by atoms with Crippen molar-refractivity contribution in [2.75, 3.05) is 14.7 Å². The molecular formula is C120H73Cl6N5OS3. The number of furan rings is 1. The highest BCUT2D eigenvalue weighted by molar-refractivity contribution is 7.26. The minimum absolute atomic E-state index is 0.0510. The number of nitrogens with zero attached hydrogens (tertiary/aromatic N) is 5. The van der Waals surface area contributed by atoms with Gasteiger partial charge < -0.3 is 28.3 Å². The molecule has 0 saturated heterocycles. The Labute approximate surface area is 826 Å². The molecule has 20 aromatic carbocycles. The lowest BCUT2D eigenvalue weighted by atomic mass is 10.0. The second kappa shape index (κ2) is 35.2. The van der Waals surface area contributed by atoms with Crippen LogP contribution >= 0.6 is 104 Å². The van der Waals surface area contributed by atoms with Crippen molar-refractivity contribution in [3.8, 4) is 44.8 Å². The number of hydrogen-bond acceptors (Lipinski definition) is 7. The molecule has 6 aromatic heterocycles. The largest absolute Gasteiger partial charge is 0.454 e. The summed E-state index contributed by atoms with van der Waals surface area (Å²) in [5.74, 6) is 0. The summed E-state index contributed by atoms with van der Waals surface area (Å²) in [6.07, 6.45) is 0. The van der Waals surface area contributed by atoms with Crippen molar-refractivity contribution >= 4 is 281 Å². The van der Waals surface area contributed by atoms with Gasteiger partial charge in [0, 0.05) is 180 Å². The van der Waals surface area contributed by atoms with E-state index in [-0.39, 0.29) is 17.8 Å². The predicted octanol–water partition coefficient (Wildman–Crippen LogP) is 39.6. The molecule has 26 aromatic rings. The smallest absolute Gasteiger partial charge is 0.159 e. The van der Waals surface area contributed by atoms with E-state index in [1.165, 1.54) is 82.3 Å². The minimum atomic E-state index is -0.455. The second-order valence-electron chi connectivity index (χ2n) is 33.1. The fourth-order valence-electron chi connectivity index (χ4n) is 19.0. The average Bonchev–Trinajstić information content (AvgIpc) is 1.56. The van der Waals surface area contributed by atoms with Crippen molar-refractivity contribution in [3.63, 3.8) is 0 Å². The van der Waals surface area contributed by atoms with Crippen LogP contribution in [0.15, 0.2) is 447 Å². The molecule has 644 valence electrons. The minimum Gasteiger partial charge on any atom is -0.454 e. The van der Waals surface area contributed by atoms with Crippen LogP contribution in [0, 0.1) is 0 Å². The van der Waals surface area contributed by atoms with Crippen LogP contribution in [0.5, 0.6) is 0 Å². The summed E-state index contributed by atoms with van der Waals surface area (Å²) in [7, 11) is 0. The zero-order valence-corrected chi connectivity index (χ0v) is 78.4. The Bertz CT molecular complexity index is 9390. The molecule has 0 atom stereocenters. The number of rotatable bonds is 14. The van der Waals surface area contributed by atoms with E-state index in [9.17, 15) is 0 Å². The quantitative estimate of drug-likeness (QED) is 0.109. The van der Waals surface area contributed by atoms with E-state index in [0.29, 0.717) is 41.2 Å². The Morgan fingerprint density at radius 3 is 1.06 bits per heavy atom. The monoisotopic (exact) mass is 1910 g/mol. The standard InChI is InChI=1S/C42H26Cl2N2O.C42H26Cl2N2S.C36H21Cl2NS2/c43-29-22-28(23-30(44)25-29)27-18-20-34-35-21-19-33(26-40(35)46(39(34)24-27)32-12-5-2-6-13-32)45(31-10-3-1-4-11-31)38-16-9-15-37-36-14-7-8-17-41(36)47-42(37)38;43-29-21-28(22-30(44)24-29)27-15-19-41-37(23-27)38-25-33(17-20-42(38)47-41)45(31-9-3-1-4-10-31)34-16-18-36-35-13-7-8-14-39(35)46(40(36)26-34)32-11-5-2-6-12-32;37-24-16-23(17-25(38)19-24)22-10-13-34-30(18-22)32-21-28(12-15-36(32)41-34)39(26-6-2-1-3-7-26)27-11-14-35-31(20-27)29-8-4-5-9-33(29)40-35/h2*1-26H;1-21H/i2D,5D,6D,12D,13D;;. The van der Waals surface area contributed by atoms with E-state index >= 15 is 0 Å². The number of para-hydroxylation sites is 8. The van der Waals surface area contributed by atoms with Gasteiger partial charge in [-0.15, -0.1) is 34.0 Å². The number of thiophene rings is 3. The Morgan fingerprint density at radius 1 is 0.215 bits per heavy atom. The number of halogens is 6. The van der Waals surface area contributed by atoms with Crippen LogP contribution in [0.4, 0.5) is 51.2 Å². The van der Waals surface area contributed by atoms with Gasteiger partial charge in [0.05, 0.1) is 34.6 Å². The number of aromatic nitrogens is 2. The zero-order valence-electron chi connectivity index (χ0n) is 76.4. The van der Waals surface area contributed by atoms with Crippen LogP contribution in [0.25, 0.3) is 171 Å². The Hall–Kier alpha value is -14.4. The van der Waals surface area contributed by atoms with Crippen molar-refractivity contribution in [2.45, 2.75) is 0 Å². The molecule has 0 aliphatic carbocycles. The van der Waals surface area contributed by atoms with Crippen LogP contribution in [0.2, 0.25) is 30.1 Å². The van der Waals surface area contributed by atoms with E-state index in [4.69, 9.17) is 80.9 Å². The van der Waals surface area contributed by atoms with Gasteiger partial charge >= 0.3 is 0 Å². The molecular weight excluding hydrogens is 1840 g/mol. The highest BCUT2D eigenvalue weighted by Gasteiger charge is 2.26. The van der Waals surface area contributed by atoms with Gasteiger partial charge in [-0.2, -0.15) is 0 Å². The van der Waals surface area contributed by atoms with Gasteiger partial charge in [0.15, 0.2) is 5.58 Å². The van der Waals surface area contributed by atoms with Gasteiger partial charge in [-0.25, -0.2) is 0 Å². The lowest BCUT2D eigenvalue weighted by Crippen LogP contribution is -2.10. The van der Waals surface area contributed by atoms with Gasteiger partial charge in [0.1, 0.15) is 5.58 Å². The topological polar surface area (TPSA) is 32.7 Å². The fourth-order valence-corrected chi connectivity index (χ4v) is 23.8. The molecule has 6 heterocycles. The van der Waals surface area contributed by atoms with Gasteiger partial charge in [-0.3, -0.25) is 0 Å². The maximum Gasteiger partial charge on any atom is 0.159 e. The van der Waals surface area contributed by atoms with Crippen molar-refractivity contribution in [2.24, 2.45) is 0 Å². The van der Waals surface area contributed by atoms with Gasteiger partial charge in [0.2, 0.25) is 0 Å². The molecule has 0 unspecified atom stereocenters. The molecule has 26 rings (SSSR count). The van der Waals surface area contributed by atoms with E-state index < -0.39 is 18.1 Å². The fraction of sp³-hybridized carbons (Fsp3) is 0. The highest BCUT2D eigenvalue weighted by Crippen LogP contribution is 2.51. The molecule has 0 aliphatic rings. The molecule has 6 nitrogen and oxygen atoms in total. The summed E-state index contributed by atoms with van der Waals surface area (Å²) in [6, 6.07) is 140. The first-order valence-corrected chi connectivity index (χ1v) is 48.6. The van der Waals surface area contributed by atoms with Crippen LogP contribution in [-0.4, -0.2) is 9.13 Å². The lowest BCUT2D eigenvalue weighted by molar-refractivity contribution is 0.669. The number of benzene rings is 20. The molecule has 15 heteroatoms. The Morgan fingerprint density at radius 2 is 0.556 bits per heavy atom. The molecule has 0 amide bonds. The maximum atomic E-state index is 9.04. The molecule has 0 N–H and O–H groups in total. The molecule has 0 radical (unpaired) electrons. The molecule has 135 heavy (non-hydrogen) atoms. The van der Waals surface area contributed by atoms with Crippen LogP contribution in [0.3, 0.4) is 0 Å². The van der Waals surface area contributed by atoms with Crippen LogP contribution in [-0.2, 0) is 0 Å². The molecule has 0 fully saturated rings. The van der Waals surface area contributed by atoms with E-state index in [2.05, 4.69) is 274 Å². The first-order chi connectivity index (χ1) is 68.4. The summed E-state index contributed by atoms with van der Waals surface area (Å²) < 4.78 is 61.8. The zero-order chi connectivity index (χ0) is 94.8.